The van der Waals surface area contributed by atoms with Crippen molar-refractivity contribution in [1.82, 2.24) is 10.3 Å². The number of morpholine rings is 1. The fourth-order valence-electron chi connectivity index (χ4n) is 2.46. The molecule has 1 saturated heterocycles. The van der Waals surface area contributed by atoms with E-state index in [0.29, 0.717) is 18.5 Å². The average molecular weight is 288 g/mol. The van der Waals surface area contributed by atoms with Gasteiger partial charge in [-0.25, -0.2) is 0 Å². The van der Waals surface area contributed by atoms with Gasteiger partial charge in [-0.15, -0.1) is 0 Å². The lowest BCUT2D eigenvalue weighted by Crippen LogP contribution is -2.42. The fraction of sp³-hybridized carbons (Fsp3) is 0.357. The number of nitrogens with one attached hydrogen (secondary N) is 2. The second-order valence-electron chi connectivity index (χ2n) is 4.89. The first-order chi connectivity index (χ1) is 10.3. The number of benzene rings is 1. The van der Waals surface area contributed by atoms with Crippen molar-refractivity contribution >= 4 is 22.1 Å². The predicted octanol–water partition coefficient (Wildman–Crippen LogP) is 1.54. The Morgan fingerprint density at radius 1 is 1.43 bits per heavy atom. The predicted molar refractivity (Wildman–Crippen MR) is 79.5 cm³/mol. The number of ether oxygens (including phenoxy) is 1. The number of anilines is 1. The Morgan fingerprint density at radius 2 is 2.33 bits per heavy atom. The third-order valence-corrected chi connectivity index (χ3v) is 3.52. The topological polar surface area (TPSA) is 89.3 Å². The summed E-state index contributed by atoms with van der Waals surface area (Å²) in [6.07, 6.45) is 3.26. The first kappa shape index (κ1) is 13.7. The number of nitro groups is 1. The molecule has 1 unspecified atom stereocenters. The van der Waals surface area contributed by atoms with E-state index >= 15 is 0 Å². The number of nitrogens with zero attached hydrogens (tertiary/aromatic N) is 2. The maximum Gasteiger partial charge on any atom is 0.278 e. The van der Waals surface area contributed by atoms with Crippen LogP contribution in [0.3, 0.4) is 0 Å². The summed E-state index contributed by atoms with van der Waals surface area (Å²) >= 11 is 0. The van der Waals surface area contributed by atoms with Crippen LogP contribution in [0.5, 0.6) is 0 Å². The van der Waals surface area contributed by atoms with Crippen LogP contribution < -0.4 is 10.6 Å². The van der Waals surface area contributed by atoms with Gasteiger partial charge in [0.25, 0.3) is 5.69 Å². The highest BCUT2D eigenvalue weighted by molar-refractivity contribution is 5.99. The molecule has 2 heterocycles. The first-order valence-corrected chi connectivity index (χ1v) is 6.83. The molecule has 1 aliphatic heterocycles. The van der Waals surface area contributed by atoms with Gasteiger partial charge in [-0.1, -0.05) is 0 Å². The van der Waals surface area contributed by atoms with E-state index in [2.05, 4.69) is 15.6 Å². The molecule has 21 heavy (non-hydrogen) atoms. The van der Waals surface area contributed by atoms with Crippen LogP contribution in [0.2, 0.25) is 0 Å². The molecule has 0 amide bonds. The van der Waals surface area contributed by atoms with E-state index in [-0.39, 0.29) is 16.7 Å². The summed E-state index contributed by atoms with van der Waals surface area (Å²) in [5.74, 6) is 0. The molecule has 0 radical (unpaired) electrons. The molecule has 1 aliphatic rings. The van der Waals surface area contributed by atoms with E-state index in [9.17, 15) is 10.1 Å². The summed E-state index contributed by atoms with van der Waals surface area (Å²) in [7, 11) is 0. The van der Waals surface area contributed by atoms with Gasteiger partial charge in [0.1, 0.15) is 0 Å². The molecule has 0 aliphatic carbocycles. The van der Waals surface area contributed by atoms with E-state index in [1.165, 1.54) is 12.3 Å². The summed E-state index contributed by atoms with van der Waals surface area (Å²) in [6.45, 7) is 3.04. The van der Waals surface area contributed by atoms with Crippen molar-refractivity contribution in [2.45, 2.75) is 6.10 Å². The number of aromatic nitrogens is 1. The Bertz CT molecular complexity index is 656. The van der Waals surface area contributed by atoms with Crippen molar-refractivity contribution in [3.05, 3.63) is 40.7 Å². The zero-order valence-corrected chi connectivity index (χ0v) is 11.4. The lowest BCUT2D eigenvalue weighted by Gasteiger charge is -2.24. The van der Waals surface area contributed by atoms with Gasteiger partial charge in [0, 0.05) is 49.2 Å². The zero-order valence-electron chi connectivity index (χ0n) is 11.4. The quantitative estimate of drug-likeness (QED) is 0.655. The molecule has 0 bridgehead atoms. The van der Waals surface area contributed by atoms with Gasteiger partial charge in [0.15, 0.2) is 0 Å². The molecule has 1 fully saturated rings. The van der Waals surface area contributed by atoms with Crippen molar-refractivity contribution in [1.29, 1.82) is 0 Å². The maximum absolute atomic E-state index is 11.1. The van der Waals surface area contributed by atoms with E-state index in [0.717, 1.165) is 24.2 Å². The van der Waals surface area contributed by atoms with Crippen LogP contribution in [0.25, 0.3) is 10.8 Å². The Labute approximate surface area is 121 Å². The highest BCUT2D eigenvalue weighted by Gasteiger charge is 2.16. The number of nitro benzene ring substituents is 1. The third kappa shape index (κ3) is 2.93. The monoisotopic (exact) mass is 288 g/mol. The lowest BCUT2D eigenvalue weighted by atomic mass is 10.1. The van der Waals surface area contributed by atoms with Crippen molar-refractivity contribution in [2.24, 2.45) is 0 Å². The molecular formula is C14H16N4O3. The van der Waals surface area contributed by atoms with Crippen LogP contribution in [0.1, 0.15) is 0 Å². The molecule has 7 heteroatoms. The number of fused-ring (bicyclic) bond motifs is 1. The molecule has 7 nitrogen and oxygen atoms in total. The number of pyridine rings is 1. The minimum atomic E-state index is -0.387. The van der Waals surface area contributed by atoms with Crippen LogP contribution in [0.15, 0.2) is 30.6 Å². The molecule has 2 aromatic rings. The van der Waals surface area contributed by atoms with Gasteiger partial charge in [0.2, 0.25) is 0 Å². The van der Waals surface area contributed by atoms with Gasteiger partial charge < -0.3 is 15.4 Å². The molecule has 110 valence electrons. The lowest BCUT2D eigenvalue weighted by molar-refractivity contribution is -0.383. The van der Waals surface area contributed by atoms with Gasteiger partial charge in [0.05, 0.1) is 23.0 Å². The summed E-state index contributed by atoms with van der Waals surface area (Å²) in [5.41, 5.74) is 0.923. The van der Waals surface area contributed by atoms with E-state index < -0.39 is 0 Å². The average Bonchev–Trinajstić information content (AvgIpc) is 2.53. The number of hydrogen-bond acceptors (Lipinski definition) is 6. The molecule has 1 aromatic carbocycles. The molecule has 2 N–H and O–H groups in total. The second-order valence-corrected chi connectivity index (χ2v) is 4.89. The number of hydrogen-bond donors (Lipinski definition) is 2. The van der Waals surface area contributed by atoms with Crippen molar-refractivity contribution in [3.8, 4) is 0 Å². The van der Waals surface area contributed by atoms with Crippen LogP contribution in [0.4, 0.5) is 11.4 Å². The van der Waals surface area contributed by atoms with Crippen molar-refractivity contribution in [3.63, 3.8) is 0 Å². The third-order valence-electron chi connectivity index (χ3n) is 3.52. The SMILES string of the molecule is O=[N+]([O-])c1ccc(NCC2CNCCO2)c2ccncc12. The number of non-ortho nitro benzene ring substituents is 1. The van der Waals surface area contributed by atoms with Gasteiger partial charge >= 0.3 is 0 Å². The van der Waals surface area contributed by atoms with Gasteiger partial charge in [-0.3, -0.25) is 15.1 Å². The van der Waals surface area contributed by atoms with Gasteiger partial charge in [-0.05, 0) is 12.1 Å². The van der Waals surface area contributed by atoms with E-state index in [4.69, 9.17) is 4.74 Å². The second kappa shape index (κ2) is 6.02. The van der Waals surface area contributed by atoms with E-state index in [1.807, 2.05) is 0 Å². The van der Waals surface area contributed by atoms with Crippen LogP contribution in [-0.4, -0.2) is 42.3 Å². The fourth-order valence-corrected chi connectivity index (χ4v) is 2.46. The Hall–Kier alpha value is -2.25. The van der Waals surface area contributed by atoms with Crippen LogP contribution >= 0.6 is 0 Å². The van der Waals surface area contributed by atoms with E-state index in [1.54, 1.807) is 18.3 Å². The Kier molecular flexibility index (Phi) is 3.94. The highest BCUT2D eigenvalue weighted by Crippen LogP contribution is 2.30. The smallest absolute Gasteiger partial charge is 0.278 e. The Morgan fingerprint density at radius 3 is 3.10 bits per heavy atom. The van der Waals surface area contributed by atoms with Crippen LogP contribution in [0, 0.1) is 10.1 Å². The van der Waals surface area contributed by atoms with Crippen molar-refractivity contribution < 1.29 is 9.66 Å². The zero-order chi connectivity index (χ0) is 14.7. The minimum absolute atomic E-state index is 0.0687. The van der Waals surface area contributed by atoms with Crippen LogP contribution in [-0.2, 0) is 4.74 Å². The standard InChI is InChI=1S/C14H16N4O3/c19-18(20)14-2-1-13(11-3-4-15-9-12(11)14)17-8-10-7-16-5-6-21-10/h1-4,9-10,16-17H,5-8H2. The van der Waals surface area contributed by atoms with Crippen molar-refractivity contribution in [2.75, 3.05) is 31.6 Å². The highest BCUT2D eigenvalue weighted by atomic mass is 16.6. The summed E-state index contributed by atoms with van der Waals surface area (Å²) < 4.78 is 5.63. The summed E-state index contributed by atoms with van der Waals surface area (Å²) in [6, 6.07) is 5.02. The largest absolute Gasteiger partial charge is 0.382 e. The molecule has 1 atom stereocenters. The molecule has 0 saturated carbocycles. The Balaban J connectivity index is 1.85. The first-order valence-electron chi connectivity index (χ1n) is 6.83. The minimum Gasteiger partial charge on any atom is -0.382 e. The molecule has 0 spiro atoms. The normalized spacial score (nSPS) is 18.6. The molecule has 3 rings (SSSR count). The maximum atomic E-state index is 11.1. The summed E-state index contributed by atoms with van der Waals surface area (Å²) in [4.78, 5) is 14.7. The molecular weight excluding hydrogens is 272 g/mol. The molecule has 1 aromatic heterocycles. The number of rotatable bonds is 4. The summed E-state index contributed by atoms with van der Waals surface area (Å²) in [5, 5.41) is 19.0. The van der Waals surface area contributed by atoms with Gasteiger partial charge in [-0.2, -0.15) is 0 Å².